The third-order valence-electron chi connectivity index (χ3n) is 2.98. The van der Waals surface area contributed by atoms with Crippen LogP contribution < -0.4 is 5.32 Å². The van der Waals surface area contributed by atoms with Crippen molar-refractivity contribution >= 4 is 21.4 Å². The standard InChI is InChI=1S/C14H26N2O2S2/c1-4-11-16(12-5-2)20(17,18)14-8-7-13(19-14)9-10-15-6-3/h7-8,15H,4-6,9-12H2,1-3H3. The fourth-order valence-corrected chi connectivity index (χ4v) is 5.13. The van der Waals surface area contributed by atoms with E-state index in [1.807, 2.05) is 19.9 Å². The second kappa shape index (κ2) is 8.77. The van der Waals surface area contributed by atoms with Gasteiger partial charge < -0.3 is 5.32 Å². The van der Waals surface area contributed by atoms with Crippen LogP contribution >= 0.6 is 11.3 Å². The van der Waals surface area contributed by atoms with Gasteiger partial charge in [-0.25, -0.2) is 8.42 Å². The molecular formula is C14H26N2O2S2. The summed E-state index contributed by atoms with van der Waals surface area (Å²) in [7, 11) is -3.30. The first kappa shape index (κ1) is 17.6. The zero-order valence-corrected chi connectivity index (χ0v) is 14.3. The van der Waals surface area contributed by atoms with E-state index in [9.17, 15) is 8.42 Å². The molecule has 20 heavy (non-hydrogen) atoms. The van der Waals surface area contributed by atoms with Crippen molar-refractivity contribution in [1.29, 1.82) is 0 Å². The lowest BCUT2D eigenvalue weighted by Gasteiger charge is -2.19. The quantitative estimate of drug-likeness (QED) is 0.675. The Kier molecular flexibility index (Phi) is 7.72. The Morgan fingerprint density at radius 3 is 2.35 bits per heavy atom. The van der Waals surface area contributed by atoms with Crippen molar-refractivity contribution in [2.75, 3.05) is 26.2 Å². The summed E-state index contributed by atoms with van der Waals surface area (Å²) < 4.78 is 27.2. The molecule has 0 bridgehead atoms. The molecule has 0 atom stereocenters. The molecule has 0 saturated heterocycles. The Balaban J connectivity index is 2.80. The average molecular weight is 319 g/mol. The van der Waals surface area contributed by atoms with Crippen molar-refractivity contribution in [2.45, 2.75) is 44.2 Å². The van der Waals surface area contributed by atoms with Gasteiger partial charge in [-0.3, -0.25) is 0 Å². The van der Waals surface area contributed by atoms with Crippen molar-refractivity contribution in [3.8, 4) is 0 Å². The maximum atomic E-state index is 12.6. The van der Waals surface area contributed by atoms with E-state index in [4.69, 9.17) is 0 Å². The minimum Gasteiger partial charge on any atom is -0.317 e. The molecule has 1 N–H and O–H groups in total. The van der Waals surface area contributed by atoms with E-state index in [0.717, 1.165) is 37.2 Å². The molecule has 0 aliphatic rings. The highest BCUT2D eigenvalue weighted by molar-refractivity contribution is 7.91. The largest absolute Gasteiger partial charge is 0.317 e. The Morgan fingerprint density at radius 1 is 1.15 bits per heavy atom. The molecule has 0 aliphatic carbocycles. The fourth-order valence-electron chi connectivity index (χ4n) is 2.00. The second-order valence-electron chi connectivity index (χ2n) is 4.73. The average Bonchev–Trinajstić information content (AvgIpc) is 2.88. The molecule has 6 heteroatoms. The molecule has 1 aromatic rings. The van der Waals surface area contributed by atoms with Gasteiger partial charge in [-0.1, -0.05) is 20.8 Å². The molecule has 4 nitrogen and oxygen atoms in total. The van der Waals surface area contributed by atoms with Crippen LogP contribution in [0.15, 0.2) is 16.3 Å². The van der Waals surface area contributed by atoms with Gasteiger partial charge in [0.25, 0.3) is 10.0 Å². The van der Waals surface area contributed by atoms with E-state index in [2.05, 4.69) is 12.2 Å². The molecule has 0 fully saturated rings. The van der Waals surface area contributed by atoms with E-state index in [-0.39, 0.29) is 0 Å². The molecular weight excluding hydrogens is 292 g/mol. The highest BCUT2D eigenvalue weighted by Gasteiger charge is 2.24. The minimum absolute atomic E-state index is 0.478. The van der Waals surface area contributed by atoms with Crippen LogP contribution in [0.25, 0.3) is 0 Å². The smallest absolute Gasteiger partial charge is 0.252 e. The maximum Gasteiger partial charge on any atom is 0.252 e. The number of rotatable bonds is 10. The third kappa shape index (κ3) is 4.84. The van der Waals surface area contributed by atoms with Gasteiger partial charge in [-0.05, 0) is 44.5 Å². The Labute approximate surface area is 127 Å². The number of nitrogens with one attached hydrogen (secondary N) is 1. The topological polar surface area (TPSA) is 49.4 Å². The summed E-state index contributed by atoms with van der Waals surface area (Å²) in [5.41, 5.74) is 0. The van der Waals surface area contributed by atoms with Crippen LogP contribution in [0.5, 0.6) is 0 Å². The molecule has 1 aromatic heterocycles. The van der Waals surface area contributed by atoms with Crippen molar-refractivity contribution in [1.82, 2.24) is 9.62 Å². The number of hydrogen-bond acceptors (Lipinski definition) is 4. The number of hydrogen-bond donors (Lipinski definition) is 1. The summed E-state index contributed by atoms with van der Waals surface area (Å²) in [5.74, 6) is 0. The predicted octanol–water partition coefficient (Wildman–Crippen LogP) is 2.71. The van der Waals surface area contributed by atoms with Crippen molar-refractivity contribution in [3.63, 3.8) is 0 Å². The summed E-state index contributed by atoms with van der Waals surface area (Å²) in [6.45, 7) is 9.11. The van der Waals surface area contributed by atoms with E-state index < -0.39 is 10.0 Å². The number of sulfonamides is 1. The summed E-state index contributed by atoms with van der Waals surface area (Å²) >= 11 is 1.40. The summed E-state index contributed by atoms with van der Waals surface area (Å²) in [6.07, 6.45) is 2.57. The van der Waals surface area contributed by atoms with E-state index in [1.165, 1.54) is 11.3 Å². The maximum absolute atomic E-state index is 12.6. The third-order valence-corrected chi connectivity index (χ3v) is 6.49. The normalized spacial score (nSPS) is 12.2. The highest BCUT2D eigenvalue weighted by atomic mass is 32.2. The van der Waals surface area contributed by atoms with Gasteiger partial charge in [0.05, 0.1) is 0 Å². The molecule has 1 heterocycles. The Hall–Kier alpha value is -0.430. The van der Waals surface area contributed by atoms with E-state index >= 15 is 0 Å². The molecule has 0 saturated carbocycles. The van der Waals surface area contributed by atoms with Gasteiger partial charge in [-0.15, -0.1) is 11.3 Å². The van der Waals surface area contributed by atoms with Gasteiger partial charge in [0.15, 0.2) is 0 Å². The Morgan fingerprint density at radius 2 is 1.80 bits per heavy atom. The fraction of sp³-hybridized carbons (Fsp3) is 0.714. The number of thiophene rings is 1. The van der Waals surface area contributed by atoms with Crippen LogP contribution in [0.3, 0.4) is 0 Å². The summed E-state index contributed by atoms with van der Waals surface area (Å²) in [5, 5.41) is 3.25. The van der Waals surface area contributed by atoms with Gasteiger partial charge in [-0.2, -0.15) is 4.31 Å². The molecule has 116 valence electrons. The van der Waals surface area contributed by atoms with Crippen molar-refractivity contribution in [3.05, 3.63) is 17.0 Å². The zero-order valence-electron chi connectivity index (χ0n) is 12.7. The lowest BCUT2D eigenvalue weighted by Crippen LogP contribution is -2.32. The first-order valence-corrected chi connectivity index (χ1v) is 9.61. The molecule has 0 aromatic carbocycles. The van der Waals surface area contributed by atoms with Crippen LogP contribution in [0.4, 0.5) is 0 Å². The minimum atomic E-state index is -3.30. The lowest BCUT2D eigenvalue weighted by atomic mass is 10.3. The van der Waals surface area contributed by atoms with Crippen LogP contribution in [-0.4, -0.2) is 38.9 Å². The summed E-state index contributed by atoms with van der Waals surface area (Å²) in [4.78, 5) is 1.12. The van der Waals surface area contributed by atoms with Gasteiger partial charge in [0.2, 0.25) is 0 Å². The highest BCUT2D eigenvalue weighted by Crippen LogP contribution is 2.25. The van der Waals surface area contributed by atoms with Crippen LogP contribution in [0.2, 0.25) is 0 Å². The second-order valence-corrected chi connectivity index (χ2v) is 8.06. The van der Waals surface area contributed by atoms with Gasteiger partial charge >= 0.3 is 0 Å². The van der Waals surface area contributed by atoms with Crippen LogP contribution in [0.1, 0.15) is 38.5 Å². The van der Waals surface area contributed by atoms with E-state index in [0.29, 0.717) is 17.3 Å². The monoisotopic (exact) mass is 318 g/mol. The van der Waals surface area contributed by atoms with Gasteiger partial charge in [0.1, 0.15) is 4.21 Å². The first-order valence-electron chi connectivity index (χ1n) is 7.35. The van der Waals surface area contributed by atoms with Gasteiger partial charge in [0, 0.05) is 18.0 Å². The molecule has 1 rings (SSSR count). The van der Waals surface area contributed by atoms with Crippen LogP contribution in [-0.2, 0) is 16.4 Å². The molecule has 0 spiro atoms. The zero-order chi connectivity index (χ0) is 15.0. The van der Waals surface area contributed by atoms with E-state index in [1.54, 1.807) is 10.4 Å². The SMILES string of the molecule is CCCN(CCC)S(=O)(=O)c1ccc(CCNCC)s1. The molecule has 0 aliphatic heterocycles. The number of nitrogens with zero attached hydrogens (tertiary/aromatic N) is 1. The first-order chi connectivity index (χ1) is 9.56. The molecule has 0 unspecified atom stereocenters. The van der Waals surface area contributed by atoms with Crippen molar-refractivity contribution in [2.24, 2.45) is 0 Å². The van der Waals surface area contributed by atoms with Crippen LogP contribution in [0, 0.1) is 0 Å². The molecule has 0 radical (unpaired) electrons. The predicted molar refractivity (Wildman–Crippen MR) is 85.9 cm³/mol. The lowest BCUT2D eigenvalue weighted by molar-refractivity contribution is 0.411. The molecule has 0 amide bonds. The number of likely N-dealkylation sites (N-methyl/N-ethyl adjacent to an activating group) is 1. The Bertz CT molecular complexity index is 477. The summed E-state index contributed by atoms with van der Waals surface area (Å²) in [6, 6.07) is 3.69. The van der Waals surface area contributed by atoms with Crippen molar-refractivity contribution < 1.29 is 8.42 Å².